The smallest absolute Gasteiger partial charge is 0.280 e. The quantitative estimate of drug-likeness (QED) is 0.516. The van der Waals surface area contributed by atoms with Crippen molar-refractivity contribution in [2.75, 3.05) is 13.1 Å². The molecule has 0 unspecified atom stereocenters. The Hall–Kier alpha value is -3.33. The Morgan fingerprint density at radius 1 is 1.24 bits per heavy atom. The first kappa shape index (κ1) is 17.7. The number of aryl methyl sites for hydroxylation is 1. The fourth-order valence-electron chi connectivity index (χ4n) is 3.46. The van der Waals surface area contributed by atoms with E-state index in [0.717, 1.165) is 22.4 Å². The number of aromatic nitrogens is 5. The maximum Gasteiger partial charge on any atom is 0.280 e. The van der Waals surface area contributed by atoms with Gasteiger partial charge in [0.2, 0.25) is 5.82 Å². The van der Waals surface area contributed by atoms with Crippen LogP contribution in [0.1, 0.15) is 27.7 Å². The second-order valence-electron chi connectivity index (χ2n) is 7.00. The Balaban J connectivity index is 1.30. The van der Waals surface area contributed by atoms with Gasteiger partial charge in [-0.2, -0.15) is 4.98 Å². The van der Waals surface area contributed by atoms with Crippen molar-refractivity contribution in [2.45, 2.75) is 19.4 Å². The van der Waals surface area contributed by atoms with Crippen molar-refractivity contribution in [1.29, 1.82) is 0 Å². The Morgan fingerprint density at radius 3 is 2.90 bits per heavy atom. The molecule has 4 heterocycles. The number of hydrogen-bond donors (Lipinski definition) is 0. The Morgan fingerprint density at radius 2 is 2.10 bits per heavy atom. The third kappa shape index (κ3) is 3.33. The summed E-state index contributed by atoms with van der Waals surface area (Å²) in [7, 11) is 0. The molecule has 1 amide bonds. The molecule has 0 aliphatic carbocycles. The van der Waals surface area contributed by atoms with Gasteiger partial charge in [-0.25, -0.2) is 4.68 Å². The summed E-state index contributed by atoms with van der Waals surface area (Å²) < 4.78 is 7.15. The second-order valence-corrected chi connectivity index (χ2v) is 7.92. The molecule has 0 spiro atoms. The molecule has 3 aromatic heterocycles. The first-order chi connectivity index (χ1) is 14.2. The minimum atomic E-state index is 0.0805. The zero-order chi connectivity index (χ0) is 19.8. The predicted octanol–water partition coefficient (Wildman–Crippen LogP) is 3.45. The molecule has 1 fully saturated rings. The third-order valence-electron chi connectivity index (χ3n) is 5.07. The van der Waals surface area contributed by atoms with Gasteiger partial charge in [0.25, 0.3) is 11.8 Å². The first-order valence-electron chi connectivity index (χ1n) is 9.34. The molecule has 4 aromatic rings. The van der Waals surface area contributed by atoms with Crippen molar-refractivity contribution in [3.05, 3.63) is 58.4 Å². The van der Waals surface area contributed by atoms with E-state index in [0.29, 0.717) is 30.5 Å². The highest BCUT2D eigenvalue weighted by molar-refractivity contribution is 7.12. The van der Waals surface area contributed by atoms with E-state index in [1.165, 1.54) is 11.3 Å². The lowest BCUT2D eigenvalue weighted by Crippen LogP contribution is -2.29. The molecule has 0 radical (unpaired) electrons. The maximum absolute atomic E-state index is 12.7. The summed E-state index contributed by atoms with van der Waals surface area (Å²) in [6.07, 6.45) is 2.63. The van der Waals surface area contributed by atoms with E-state index >= 15 is 0 Å². The summed E-state index contributed by atoms with van der Waals surface area (Å²) in [5.41, 5.74) is 2.43. The number of hydrogen-bond acceptors (Lipinski definition) is 7. The van der Waals surface area contributed by atoms with Gasteiger partial charge >= 0.3 is 0 Å². The van der Waals surface area contributed by atoms with Gasteiger partial charge in [-0.15, -0.1) is 16.4 Å². The van der Waals surface area contributed by atoms with E-state index in [2.05, 4.69) is 20.5 Å². The molecule has 1 aliphatic rings. The van der Waals surface area contributed by atoms with Gasteiger partial charge in [0.15, 0.2) is 5.69 Å². The van der Waals surface area contributed by atoms with Gasteiger partial charge in [-0.05, 0) is 30.4 Å². The number of amides is 1. The number of rotatable bonds is 4. The number of likely N-dealkylation sites (tertiary alicyclic amines) is 1. The maximum atomic E-state index is 12.7. The summed E-state index contributed by atoms with van der Waals surface area (Å²) in [6, 6.07) is 11.7. The normalized spacial score (nSPS) is 16.4. The number of carbonyl (C=O) groups excluding carboxylic acids is 1. The Bertz CT molecular complexity index is 1150. The van der Waals surface area contributed by atoms with Gasteiger partial charge in [0.05, 0.1) is 17.1 Å². The number of nitrogens with zero attached hydrogens (tertiary/aromatic N) is 6. The molecule has 1 aliphatic heterocycles. The van der Waals surface area contributed by atoms with Crippen molar-refractivity contribution in [2.24, 2.45) is 0 Å². The molecule has 0 N–H and O–H groups in total. The largest absolute Gasteiger partial charge is 0.336 e. The van der Waals surface area contributed by atoms with Crippen LogP contribution in [0.3, 0.4) is 0 Å². The number of carbonyl (C=O) groups is 1. The highest BCUT2D eigenvalue weighted by atomic mass is 32.1. The van der Waals surface area contributed by atoms with E-state index in [1.54, 1.807) is 10.9 Å². The lowest BCUT2D eigenvalue weighted by atomic mass is 10.2. The lowest BCUT2D eigenvalue weighted by Gasteiger charge is -2.16. The molecule has 0 saturated carbocycles. The van der Waals surface area contributed by atoms with Crippen LogP contribution in [0.25, 0.3) is 23.0 Å². The third-order valence-corrected chi connectivity index (χ3v) is 6.07. The highest BCUT2D eigenvalue weighted by Gasteiger charge is 2.30. The van der Waals surface area contributed by atoms with Crippen molar-refractivity contribution < 1.29 is 9.32 Å². The molecule has 1 atom stereocenters. The lowest BCUT2D eigenvalue weighted by molar-refractivity contribution is 0.0791. The van der Waals surface area contributed by atoms with E-state index in [1.807, 2.05) is 53.6 Å². The van der Waals surface area contributed by atoms with Crippen LogP contribution >= 0.6 is 11.3 Å². The molecule has 1 aromatic carbocycles. The average Bonchev–Trinajstić information content (AvgIpc) is 3.54. The molecule has 8 nitrogen and oxygen atoms in total. The summed E-state index contributed by atoms with van der Waals surface area (Å²) in [6.45, 7) is 3.28. The molecule has 5 rings (SSSR count). The molecule has 0 bridgehead atoms. The second kappa shape index (κ2) is 7.25. The summed E-state index contributed by atoms with van der Waals surface area (Å²) in [5.74, 6) is 0.930. The van der Waals surface area contributed by atoms with E-state index in [9.17, 15) is 4.79 Å². The summed E-state index contributed by atoms with van der Waals surface area (Å²) >= 11 is 1.49. The first-order valence-corrected chi connectivity index (χ1v) is 10.2. The van der Waals surface area contributed by atoms with Crippen LogP contribution in [0.2, 0.25) is 0 Å². The van der Waals surface area contributed by atoms with Gasteiger partial charge in [-0.3, -0.25) is 4.79 Å². The van der Waals surface area contributed by atoms with Crippen molar-refractivity contribution in [1.82, 2.24) is 30.0 Å². The topological polar surface area (TPSA) is 89.9 Å². The van der Waals surface area contributed by atoms with Crippen LogP contribution in [0.4, 0.5) is 0 Å². The van der Waals surface area contributed by atoms with Crippen molar-refractivity contribution in [3.63, 3.8) is 0 Å². The van der Waals surface area contributed by atoms with Gasteiger partial charge < -0.3 is 9.42 Å². The highest BCUT2D eigenvalue weighted by Crippen LogP contribution is 2.27. The van der Waals surface area contributed by atoms with E-state index in [4.69, 9.17) is 4.52 Å². The van der Waals surface area contributed by atoms with Crippen LogP contribution in [0.15, 0.2) is 52.5 Å². The predicted molar refractivity (Wildman–Crippen MR) is 107 cm³/mol. The fourth-order valence-corrected chi connectivity index (χ4v) is 4.35. The van der Waals surface area contributed by atoms with Crippen molar-refractivity contribution >= 4 is 17.2 Å². The van der Waals surface area contributed by atoms with Gasteiger partial charge in [0.1, 0.15) is 0 Å². The standard InChI is InChI=1S/C20H18N6O2S/c1-13-8-10-29-17(13)20(27)25-9-7-15(11-25)26-12-16(22-24-26)19-21-18(23-28-19)14-5-3-2-4-6-14/h2-6,8,10,12,15H,7,9,11H2,1H3/t15-/m0/s1. The van der Waals surface area contributed by atoms with Crippen LogP contribution < -0.4 is 0 Å². The zero-order valence-electron chi connectivity index (χ0n) is 15.7. The van der Waals surface area contributed by atoms with Crippen LogP contribution in [0, 0.1) is 6.92 Å². The fraction of sp³-hybridized carbons (Fsp3) is 0.250. The minimum Gasteiger partial charge on any atom is -0.336 e. The van der Waals surface area contributed by atoms with Gasteiger partial charge in [-0.1, -0.05) is 40.7 Å². The van der Waals surface area contributed by atoms with Crippen LogP contribution in [-0.4, -0.2) is 49.0 Å². The van der Waals surface area contributed by atoms with Crippen molar-refractivity contribution in [3.8, 4) is 23.0 Å². The molecule has 1 saturated heterocycles. The molecular formula is C20H18N6O2S. The van der Waals surface area contributed by atoms with Crippen LogP contribution in [0.5, 0.6) is 0 Å². The van der Waals surface area contributed by atoms with E-state index in [-0.39, 0.29) is 11.9 Å². The number of thiophene rings is 1. The molecule has 29 heavy (non-hydrogen) atoms. The van der Waals surface area contributed by atoms with Crippen LogP contribution in [-0.2, 0) is 0 Å². The summed E-state index contributed by atoms with van der Waals surface area (Å²) in [4.78, 5) is 19.8. The monoisotopic (exact) mass is 406 g/mol. The Kier molecular flexibility index (Phi) is 4.44. The number of benzene rings is 1. The minimum absolute atomic E-state index is 0.0805. The summed E-state index contributed by atoms with van der Waals surface area (Å²) in [5, 5.41) is 14.4. The van der Waals surface area contributed by atoms with E-state index < -0.39 is 0 Å². The molecule has 146 valence electrons. The Labute approximate surface area is 170 Å². The van der Waals surface area contributed by atoms with Gasteiger partial charge in [0, 0.05) is 18.7 Å². The molecular weight excluding hydrogens is 388 g/mol. The zero-order valence-corrected chi connectivity index (χ0v) is 16.5. The molecule has 9 heteroatoms. The average molecular weight is 406 g/mol. The SMILES string of the molecule is Cc1ccsc1C(=O)N1CC[C@H](n2cc(-c3nc(-c4ccccc4)no3)nn2)C1.